The van der Waals surface area contributed by atoms with E-state index in [1.165, 1.54) is 0 Å². The summed E-state index contributed by atoms with van der Waals surface area (Å²) in [4.78, 5) is 19.8. The molecular formula is C22H27N5O2. The first-order valence-corrected chi connectivity index (χ1v) is 10.3. The highest BCUT2D eigenvalue weighted by atomic mass is 16.5. The first-order chi connectivity index (χ1) is 13.9. The average Bonchev–Trinajstić information content (AvgIpc) is 3.41. The topological polar surface area (TPSA) is 95.0 Å². The monoisotopic (exact) mass is 393 g/mol. The molecule has 1 amide bonds. The molecule has 1 aromatic carbocycles. The third-order valence-electron chi connectivity index (χ3n) is 6.47. The standard InChI is InChI=1S/C22H27N5O2/c1-14(2)19-25-21(29-26-19)22-9-5-7-17(22)12-27(13-22)15(3)20(28)24-18-8-4-6-16(10-18)11-23/h4,6,8,10,14-15,17H,5,7,9,12-13H2,1-3H3,(H,24,28)/t15-,17+,22+/m0/s1. The maximum Gasteiger partial charge on any atom is 0.241 e. The van der Waals surface area contributed by atoms with Gasteiger partial charge in [0.25, 0.3) is 0 Å². The van der Waals surface area contributed by atoms with E-state index >= 15 is 0 Å². The maximum absolute atomic E-state index is 12.9. The SMILES string of the molecule is CC(C)c1noc([C@@]23CCC[C@@H]2CN([C@@H](C)C(=O)Nc2cccc(C#N)c2)C3)n1. The number of fused-ring (bicyclic) bond motifs is 1. The molecular weight excluding hydrogens is 366 g/mol. The molecule has 2 aromatic rings. The third kappa shape index (κ3) is 3.53. The molecule has 1 saturated carbocycles. The van der Waals surface area contributed by atoms with Gasteiger partial charge in [-0.25, -0.2) is 0 Å². The van der Waals surface area contributed by atoms with Crippen LogP contribution in [0.4, 0.5) is 5.69 Å². The van der Waals surface area contributed by atoms with Gasteiger partial charge in [-0.3, -0.25) is 9.69 Å². The number of likely N-dealkylation sites (tertiary alicyclic amines) is 1. The van der Waals surface area contributed by atoms with Crippen LogP contribution in [0.5, 0.6) is 0 Å². The second-order valence-corrected chi connectivity index (χ2v) is 8.64. The zero-order chi connectivity index (χ0) is 20.6. The summed E-state index contributed by atoms with van der Waals surface area (Å²) in [5, 5.41) is 16.2. The van der Waals surface area contributed by atoms with Gasteiger partial charge in [0.05, 0.1) is 23.1 Å². The molecule has 2 heterocycles. The smallest absolute Gasteiger partial charge is 0.241 e. The predicted molar refractivity (Wildman–Crippen MR) is 108 cm³/mol. The minimum atomic E-state index is -0.282. The number of aromatic nitrogens is 2. The molecule has 2 fully saturated rings. The Morgan fingerprint density at radius 2 is 2.24 bits per heavy atom. The summed E-state index contributed by atoms with van der Waals surface area (Å²) >= 11 is 0. The predicted octanol–water partition coefficient (Wildman–Crippen LogP) is 3.45. The highest BCUT2D eigenvalue weighted by Gasteiger charge is 2.55. The number of nitriles is 1. The van der Waals surface area contributed by atoms with Gasteiger partial charge in [-0.05, 0) is 43.9 Å². The van der Waals surface area contributed by atoms with Crippen molar-refractivity contribution in [2.24, 2.45) is 5.92 Å². The Morgan fingerprint density at radius 3 is 2.97 bits per heavy atom. The van der Waals surface area contributed by atoms with Gasteiger partial charge in [0.15, 0.2) is 5.82 Å². The van der Waals surface area contributed by atoms with Gasteiger partial charge >= 0.3 is 0 Å². The highest BCUT2D eigenvalue weighted by molar-refractivity contribution is 5.94. The molecule has 152 valence electrons. The number of benzene rings is 1. The van der Waals surface area contributed by atoms with Crippen molar-refractivity contribution in [3.8, 4) is 6.07 Å². The van der Waals surface area contributed by atoms with Crippen molar-refractivity contribution < 1.29 is 9.32 Å². The number of rotatable bonds is 5. The average molecular weight is 393 g/mol. The number of anilines is 1. The van der Waals surface area contributed by atoms with Crippen LogP contribution in [-0.2, 0) is 10.2 Å². The molecule has 2 aliphatic rings. The van der Waals surface area contributed by atoms with Gasteiger partial charge in [0.2, 0.25) is 11.8 Å². The molecule has 7 heteroatoms. The fraction of sp³-hybridized carbons (Fsp3) is 0.545. The highest BCUT2D eigenvalue weighted by Crippen LogP contribution is 2.50. The molecule has 0 unspecified atom stereocenters. The van der Waals surface area contributed by atoms with Crippen LogP contribution in [0, 0.1) is 17.2 Å². The minimum absolute atomic E-state index is 0.0661. The van der Waals surface area contributed by atoms with E-state index in [1.807, 2.05) is 6.92 Å². The number of nitrogens with zero attached hydrogens (tertiary/aromatic N) is 4. The van der Waals surface area contributed by atoms with Crippen LogP contribution in [0.1, 0.15) is 63.2 Å². The first kappa shape index (κ1) is 19.6. The van der Waals surface area contributed by atoms with E-state index in [0.717, 1.165) is 44.1 Å². The van der Waals surface area contributed by atoms with Crippen LogP contribution >= 0.6 is 0 Å². The zero-order valence-corrected chi connectivity index (χ0v) is 17.2. The third-order valence-corrected chi connectivity index (χ3v) is 6.47. The van der Waals surface area contributed by atoms with Crippen molar-refractivity contribution in [2.75, 3.05) is 18.4 Å². The number of nitrogens with one attached hydrogen (secondary N) is 1. The van der Waals surface area contributed by atoms with Crippen molar-refractivity contribution >= 4 is 11.6 Å². The van der Waals surface area contributed by atoms with Crippen LogP contribution in [0.2, 0.25) is 0 Å². The summed E-state index contributed by atoms with van der Waals surface area (Å²) in [6, 6.07) is 8.81. The van der Waals surface area contributed by atoms with E-state index in [1.54, 1.807) is 24.3 Å². The summed E-state index contributed by atoms with van der Waals surface area (Å²) < 4.78 is 5.71. The number of amides is 1. The molecule has 0 spiro atoms. The van der Waals surface area contributed by atoms with E-state index in [-0.39, 0.29) is 23.3 Å². The molecule has 0 radical (unpaired) electrons. The van der Waals surface area contributed by atoms with Crippen LogP contribution in [-0.4, -0.2) is 40.1 Å². The van der Waals surface area contributed by atoms with E-state index < -0.39 is 0 Å². The van der Waals surface area contributed by atoms with Crippen molar-refractivity contribution in [1.82, 2.24) is 15.0 Å². The molecule has 7 nitrogen and oxygen atoms in total. The lowest BCUT2D eigenvalue weighted by atomic mass is 9.80. The van der Waals surface area contributed by atoms with Crippen LogP contribution in [0.3, 0.4) is 0 Å². The van der Waals surface area contributed by atoms with E-state index in [0.29, 0.717) is 17.2 Å². The minimum Gasteiger partial charge on any atom is -0.339 e. The zero-order valence-electron chi connectivity index (χ0n) is 17.2. The van der Waals surface area contributed by atoms with Crippen molar-refractivity contribution in [3.63, 3.8) is 0 Å². The fourth-order valence-electron chi connectivity index (χ4n) is 4.72. The summed E-state index contributed by atoms with van der Waals surface area (Å²) in [7, 11) is 0. The lowest BCUT2D eigenvalue weighted by molar-refractivity contribution is -0.120. The Labute approximate surface area is 171 Å². The second kappa shape index (κ2) is 7.60. The number of carbonyl (C=O) groups excluding carboxylic acids is 1. The van der Waals surface area contributed by atoms with Crippen LogP contribution in [0.25, 0.3) is 0 Å². The largest absolute Gasteiger partial charge is 0.339 e. The van der Waals surface area contributed by atoms with Crippen LogP contribution in [0.15, 0.2) is 28.8 Å². The first-order valence-electron chi connectivity index (χ1n) is 10.3. The van der Waals surface area contributed by atoms with Gasteiger partial charge in [-0.2, -0.15) is 10.2 Å². The summed E-state index contributed by atoms with van der Waals surface area (Å²) in [6.07, 6.45) is 3.29. The number of hydrogen-bond acceptors (Lipinski definition) is 6. The molecule has 29 heavy (non-hydrogen) atoms. The Bertz CT molecular complexity index is 947. The summed E-state index contributed by atoms with van der Waals surface area (Å²) in [5.41, 5.74) is 1.03. The van der Waals surface area contributed by atoms with Crippen molar-refractivity contribution in [3.05, 3.63) is 41.5 Å². The van der Waals surface area contributed by atoms with Gasteiger partial charge in [-0.1, -0.05) is 31.5 Å². The van der Waals surface area contributed by atoms with Crippen LogP contribution < -0.4 is 5.32 Å². The fourth-order valence-corrected chi connectivity index (χ4v) is 4.72. The lowest BCUT2D eigenvalue weighted by Crippen LogP contribution is -2.42. The second-order valence-electron chi connectivity index (χ2n) is 8.64. The molecule has 0 bridgehead atoms. The molecule has 3 atom stereocenters. The van der Waals surface area contributed by atoms with Gasteiger partial charge < -0.3 is 9.84 Å². The normalized spacial score (nSPS) is 25.0. The summed E-state index contributed by atoms with van der Waals surface area (Å²) in [5.74, 6) is 2.08. The molecule has 1 aliphatic carbocycles. The Balaban J connectivity index is 1.49. The quantitative estimate of drug-likeness (QED) is 0.836. The molecule has 1 aromatic heterocycles. The van der Waals surface area contributed by atoms with Gasteiger partial charge in [0.1, 0.15) is 0 Å². The van der Waals surface area contributed by atoms with Crippen molar-refractivity contribution in [1.29, 1.82) is 5.26 Å². The van der Waals surface area contributed by atoms with E-state index in [2.05, 4.69) is 35.3 Å². The van der Waals surface area contributed by atoms with E-state index in [4.69, 9.17) is 14.8 Å². The van der Waals surface area contributed by atoms with Gasteiger partial charge in [-0.15, -0.1) is 0 Å². The van der Waals surface area contributed by atoms with E-state index in [9.17, 15) is 4.79 Å². The van der Waals surface area contributed by atoms with Gasteiger partial charge in [0, 0.05) is 24.7 Å². The number of hydrogen-bond donors (Lipinski definition) is 1. The Morgan fingerprint density at radius 1 is 1.41 bits per heavy atom. The van der Waals surface area contributed by atoms with Crippen molar-refractivity contribution in [2.45, 2.75) is 57.4 Å². The summed E-state index contributed by atoms with van der Waals surface area (Å²) in [6.45, 7) is 7.67. The molecule has 1 N–H and O–H groups in total. The maximum atomic E-state index is 12.9. The Kier molecular flexibility index (Phi) is 5.13. The Hall–Kier alpha value is -2.72. The molecule has 4 rings (SSSR count). The number of carbonyl (C=O) groups is 1. The lowest BCUT2D eigenvalue weighted by Gasteiger charge is -2.27. The molecule has 1 aliphatic heterocycles. The molecule has 1 saturated heterocycles.